The minimum Gasteiger partial charge on any atom is -0.462 e. The summed E-state index contributed by atoms with van der Waals surface area (Å²) in [6.07, 6.45) is 6.83. The van der Waals surface area contributed by atoms with E-state index in [1.54, 1.807) is 46.9 Å². The highest BCUT2D eigenvalue weighted by Gasteiger charge is 2.45. The zero-order chi connectivity index (χ0) is 35.4. The fourth-order valence-corrected chi connectivity index (χ4v) is 6.51. The molecule has 0 spiro atoms. The number of ether oxygens (including phenoxy) is 4. The third kappa shape index (κ3) is 10.1. The Morgan fingerprint density at radius 2 is 1.62 bits per heavy atom. The van der Waals surface area contributed by atoms with Gasteiger partial charge in [-0.05, 0) is 129 Å². The van der Waals surface area contributed by atoms with Crippen molar-refractivity contribution in [1.29, 1.82) is 0 Å². The molecule has 0 bridgehead atoms. The molecule has 2 aromatic rings. The first kappa shape index (κ1) is 37.4. The summed E-state index contributed by atoms with van der Waals surface area (Å²) in [7, 11) is 1.71. The van der Waals surface area contributed by atoms with Crippen LogP contribution in [0.3, 0.4) is 0 Å². The number of halogens is 1. The molecule has 4 rings (SSSR count). The first-order valence-electron chi connectivity index (χ1n) is 16.9. The minimum absolute atomic E-state index is 0.112. The van der Waals surface area contributed by atoms with Gasteiger partial charge >= 0.3 is 18.0 Å². The smallest absolute Gasteiger partial charge is 0.408 e. The van der Waals surface area contributed by atoms with E-state index in [4.69, 9.17) is 30.5 Å². The second kappa shape index (κ2) is 15.0. The summed E-state index contributed by atoms with van der Waals surface area (Å²) in [4.78, 5) is 54.0. The molecule has 1 aromatic carbocycles. The molecule has 1 aromatic heterocycles. The average Bonchev–Trinajstić information content (AvgIpc) is 3.73. The number of alkyl carbamates (subject to hydrolysis) is 1. The third-order valence-electron chi connectivity index (χ3n) is 8.78. The van der Waals surface area contributed by atoms with Gasteiger partial charge in [-0.25, -0.2) is 14.4 Å². The number of aromatic nitrogens is 1. The fraction of sp³-hybridized carbons (Fsp3) is 0.622. The molecular formula is C37H51ClN2O8. The molecule has 10 nitrogen and oxygen atoms in total. The molecule has 2 aliphatic rings. The highest BCUT2D eigenvalue weighted by Crippen LogP contribution is 2.42. The molecule has 264 valence electrons. The number of amides is 1. The number of methoxy groups -OCH3 is 1. The van der Waals surface area contributed by atoms with Gasteiger partial charge < -0.3 is 28.8 Å². The largest absolute Gasteiger partial charge is 0.462 e. The van der Waals surface area contributed by atoms with Crippen LogP contribution in [0, 0.1) is 5.92 Å². The molecule has 0 aliphatic heterocycles. The van der Waals surface area contributed by atoms with E-state index in [0.29, 0.717) is 29.0 Å². The van der Waals surface area contributed by atoms with Crippen molar-refractivity contribution in [3.8, 4) is 11.1 Å². The Morgan fingerprint density at radius 1 is 0.979 bits per heavy atom. The van der Waals surface area contributed by atoms with Crippen molar-refractivity contribution in [2.45, 2.75) is 129 Å². The van der Waals surface area contributed by atoms with Gasteiger partial charge in [0.25, 0.3) is 5.56 Å². The third-order valence-corrected chi connectivity index (χ3v) is 9.02. The predicted molar refractivity (Wildman–Crippen MR) is 184 cm³/mol. The highest BCUT2D eigenvalue weighted by atomic mass is 35.5. The Labute approximate surface area is 288 Å². The van der Waals surface area contributed by atoms with Crippen molar-refractivity contribution in [2.24, 2.45) is 5.92 Å². The van der Waals surface area contributed by atoms with E-state index >= 15 is 0 Å². The predicted octanol–water partition coefficient (Wildman–Crippen LogP) is 7.42. The molecule has 2 fully saturated rings. The minimum atomic E-state index is -0.949. The fourth-order valence-electron chi connectivity index (χ4n) is 6.33. The van der Waals surface area contributed by atoms with Crippen molar-refractivity contribution >= 4 is 29.6 Å². The van der Waals surface area contributed by atoms with Gasteiger partial charge in [-0.1, -0.05) is 17.7 Å². The first-order valence-corrected chi connectivity index (χ1v) is 17.3. The number of carbonyl (C=O) groups excluding carboxylic acids is 3. The topological polar surface area (TPSA) is 122 Å². The summed E-state index contributed by atoms with van der Waals surface area (Å²) in [6, 6.07) is 5.72. The van der Waals surface area contributed by atoms with Gasteiger partial charge in [0.05, 0.1) is 18.3 Å². The molecule has 48 heavy (non-hydrogen) atoms. The van der Waals surface area contributed by atoms with Crippen molar-refractivity contribution in [1.82, 2.24) is 9.88 Å². The van der Waals surface area contributed by atoms with Gasteiger partial charge in [-0.3, -0.25) is 4.79 Å². The molecule has 1 heterocycles. The lowest BCUT2D eigenvalue weighted by molar-refractivity contribution is -0.160. The van der Waals surface area contributed by atoms with E-state index in [-0.39, 0.29) is 24.2 Å². The number of rotatable bonds is 11. The number of hydrogen-bond acceptors (Lipinski definition) is 8. The molecule has 2 saturated carbocycles. The quantitative estimate of drug-likeness (QED) is 0.191. The van der Waals surface area contributed by atoms with Crippen molar-refractivity contribution in [2.75, 3.05) is 13.7 Å². The molecule has 1 N–H and O–H groups in total. The number of pyridine rings is 1. The summed E-state index contributed by atoms with van der Waals surface area (Å²) < 4.78 is 23.7. The summed E-state index contributed by atoms with van der Waals surface area (Å²) in [5.74, 6) is -1.00. The number of carbonyl (C=O) groups is 3. The first-order chi connectivity index (χ1) is 22.4. The Kier molecular flexibility index (Phi) is 11.7. The SMILES string of the molecule is CCOC(=O)c1cn(C(CC2CCC(OC)CC2)C(=O)OC(C)(C)C)c(=O)cc1-c1cc(Cl)ccc1CC1(NC(=O)OC(C)(C)C)CC1. The van der Waals surface area contributed by atoms with Gasteiger partial charge in [-0.2, -0.15) is 0 Å². The molecule has 2 aliphatic carbocycles. The lowest BCUT2D eigenvalue weighted by atomic mass is 9.83. The summed E-state index contributed by atoms with van der Waals surface area (Å²) in [6.45, 7) is 12.6. The molecule has 1 unspecified atom stereocenters. The lowest BCUT2D eigenvalue weighted by Crippen LogP contribution is -2.42. The molecule has 0 saturated heterocycles. The van der Waals surface area contributed by atoms with Crippen molar-refractivity contribution < 1.29 is 33.3 Å². The van der Waals surface area contributed by atoms with Gasteiger partial charge in [-0.15, -0.1) is 0 Å². The summed E-state index contributed by atoms with van der Waals surface area (Å²) in [5.41, 5.74) is -0.604. The average molecular weight is 687 g/mol. The van der Waals surface area contributed by atoms with Crippen LogP contribution in [-0.2, 0) is 30.2 Å². The standard InChI is InChI=1S/C37H51ClN2O8/c1-9-46-32(42)29-22-40(30(33(43)47-35(2,3)4)18-23-10-14-26(45-8)15-11-23)31(41)20-28(29)27-19-25(38)13-12-24(27)21-37(16-17-37)39-34(44)48-36(5,6)7/h12-13,19-20,22-23,26,30H,9-11,14-18,21H2,1-8H3,(H,39,44). The maximum atomic E-state index is 14.0. The Bertz CT molecular complexity index is 1540. The van der Waals surface area contributed by atoms with Gasteiger partial charge in [0.2, 0.25) is 0 Å². The maximum absolute atomic E-state index is 14.0. The Balaban J connectivity index is 1.77. The van der Waals surface area contributed by atoms with E-state index in [9.17, 15) is 19.2 Å². The van der Waals surface area contributed by atoms with Gasteiger partial charge in [0.15, 0.2) is 0 Å². The zero-order valence-corrected chi connectivity index (χ0v) is 30.3. The van der Waals surface area contributed by atoms with Crippen LogP contribution in [0.15, 0.2) is 35.3 Å². The van der Waals surface area contributed by atoms with Crippen LogP contribution >= 0.6 is 11.6 Å². The van der Waals surface area contributed by atoms with Crippen LogP contribution in [0.5, 0.6) is 0 Å². The number of hydrogen-bond donors (Lipinski definition) is 1. The van der Waals surface area contributed by atoms with Crippen LogP contribution in [0.25, 0.3) is 11.1 Å². The maximum Gasteiger partial charge on any atom is 0.408 e. The van der Waals surface area contributed by atoms with Crippen molar-refractivity contribution in [3.63, 3.8) is 0 Å². The van der Waals surface area contributed by atoms with Gasteiger partial charge in [0, 0.05) is 35.5 Å². The molecular weight excluding hydrogens is 636 g/mol. The second-order valence-electron chi connectivity index (χ2n) is 15.1. The Hall–Kier alpha value is -3.37. The monoisotopic (exact) mass is 686 g/mol. The highest BCUT2D eigenvalue weighted by molar-refractivity contribution is 6.31. The molecule has 11 heteroatoms. The summed E-state index contributed by atoms with van der Waals surface area (Å²) >= 11 is 6.50. The number of benzene rings is 1. The van der Waals surface area contributed by atoms with E-state index in [1.807, 2.05) is 26.8 Å². The van der Waals surface area contributed by atoms with Gasteiger partial charge in [0.1, 0.15) is 17.2 Å². The zero-order valence-electron chi connectivity index (χ0n) is 29.6. The number of nitrogens with one attached hydrogen (secondary N) is 1. The number of esters is 2. The van der Waals surface area contributed by atoms with Crippen molar-refractivity contribution in [3.05, 3.63) is 57.0 Å². The number of nitrogens with zero attached hydrogens (tertiary/aromatic N) is 1. The molecule has 1 atom stereocenters. The lowest BCUT2D eigenvalue weighted by Gasteiger charge is -2.31. The van der Waals surface area contributed by atoms with E-state index < -0.39 is 46.4 Å². The molecule has 0 radical (unpaired) electrons. The van der Waals surface area contributed by atoms with E-state index in [2.05, 4.69) is 5.32 Å². The van der Waals surface area contributed by atoms with Crippen LogP contribution in [0.1, 0.15) is 115 Å². The Morgan fingerprint density at radius 3 is 2.19 bits per heavy atom. The van der Waals surface area contributed by atoms with E-state index in [1.165, 1.54) is 16.8 Å². The summed E-state index contributed by atoms with van der Waals surface area (Å²) in [5, 5.41) is 3.44. The van der Waals surface area contributed by atoms with Crippen LogP contribution in [-0.4, -0.2) is 59.2 Å². The van der Waals surface area contributed by atoms with Crippen LogP contribution < -0.4 is 10.9 Å². The van der Waals surface area contributed by atoms with Crippen LogP contribution in [0.4, 0.5) is 4.79 Å². The van der Waals surface area contributed by atoms with Crippen LogP contribution in [0.2, 0.25) is 5.02 Å². The molecule has 1 amide bonds. The normalized spacial score (nSPS) is 19.6. The second-order valence-corrected chi connectivity index (χ2v) is 15.6. The van der Waals surface area contributed by atoms with E-state index in [0.717, 1.165) is 44.1 Å².